The molecule has 0 aromatic carbocycles. The maximum Gasteiger partial charge on any atom is 0.308 e. The van der Waals surface area contributed by atoms with Crippen LogP contribution in [-0.4, -0.2) is 63.7 Å². The van der Waals surface area contributed by atoms with E-state index in [1.807, 2.05) is 20.8 Å². The Kier molecular flexibility index (Phi) is 12.5. The number of oxime groups is 1. The number of aliphatic hydroxyl groups excluding tert-OH is 2. The van der Waals surface area contributed by atoms with Crippen molar-refractivity contribution in [2.45, 2.75) is 97.6 Å². The molecule has 1 aromatic rings. The summed E-state index contributed by atoms with van der Waals surface area (Å²) in [6, 6.07) is 1.75. The molecule has 1 saturated carbocycles. The van der Waals surface area contributed by atoms with E-state index in [0.717, 1.165) is 0 Å². The van der Waals surface area contributed by atoms with Crippen LogP contribution in [0.3, 0.4) is 0 Å². The van der Waals surface area contributed by atoms with Gasteiger partial charge in [0.2, 0.25) is 0 Å². The van der Waals surface area contributed by atoms with E-state index in [1.54, 1.807) is 19.1 Å². The van der Waals surface area contributed by atoms with E-state index >= 15 is 0 Å². The highest BCUT2D eigenvalue weighted by Gasteiger charge is 2.46. The fraction of sp³-hybridized carbons (Fsp3) is 0.645. The molecule has 1 aromatic heterocycles. The zero-order valence-corrected chi connectivity index (χ0v) is 25.0. The summed E-state index contributed by atoms with van der Waals surface area (Å²) in [5, 5.41) is 29.3. The summed E-state index contributed by atoms with van der Waals surface area (Å²) in [6.45, 7) is 11.0. The van der Waals surface area contributed by atoms with E-state index < -0.39 is 24.3 Å². The lowest BCUT2D eigenvalue weighted by molar-refractivity contribution is -0.158. The molecule has 0 spiro atoms. The van der Waals surface area contributed by atoms with Gasteiger partial charge in [-0.15, -0.1) is 0 Å². The molecule has 1 fully saturated rings. The minimum atomic E-state index is -1.07. The molecule has 2 aliphatic carbocycles. The summed E-state index contributed by atoms with van der Waals surface area (Å²) in [4.78, 5) is 43.4. The molecule has 0 bridgehead atoms. The Morgan fingerprint density at radius 2 is 2.07 bits per heavy atom. The van der Waals surface area contributed by atoms with E-state index in [1.165, 1.54) is 6.08 Å². The normalized spacial score (nSPS) is 25.1. The molecule has 0 radical (unpaired) electrons. The zero-order valence-electron chi connectivity index (χ0n) is 25.0. The summed E-state index contributed by atoms with van der Waals surface area (Å²) >= 11 is 0. The van der Waals surface area contributed by atoms with Gasteiger partial charge in [0.1, 0.15) is 24.2 Å². The number of allylic oxidation sites excluding steroid dienone is 1. The van der Waals surface area contributed by atoms with Crippen LogP contribution in [0.5, 0.6) is 0 Å². The number of aromatic nitrogens is 1. The van der Waals surface area contributed by atoms with Crippen molar-refractivity contribution in [2.24, 2.45) is 28.8 Å². The molecule has 2 aliphatic rings. The van der Waals surface area contributed by atoms with Crippen LogP contribution >= 0.6 is 0 Å². The molecule has 1 heterocycles. The van der Waals surface area contributed by atoms with E-state index in [0.29, 0.717) is 48.4 Å². The Morgan fingerprint density at radius 3 is 2.74 bits per heavy atom. The van der Waals surface area contributed by atoms with Crippen LogP contribution in [0.15, 0.2) is 40.0 Å². The van der Waals surface area contributed by atoms with Crippen molar-refractivity contribution in [1.82, 2.24) is 5.16 Å². The summed E-state index contributed by atoms with van der Waals surface area (Å²) in [6.07, 6.45) is 2.69. The SMILES string of the molecule is C=CCOC(=O)CC(O)CC(O)CCC1C(C)C(=O)C=C2/C(=N/OCc3cc(C)on3)CCC(OC(=O)C(C)CC)C21. The molecule has 7 atom stereocenters. The van der Waals surface area contributed by atoms with Gasteiger partial charge >= 0.3 is 11.9 Å². The number of esters is 2. The first-order valence-electron chi connectivity index (χ1n) is 14.7. The maximum absolute atomic E-state index is 13.2. The van der Waals surface area contributed by atoms with Crippen molar-refractivity contribution in [3.8, 4) is 0 Å². The Hall–Kier alpha value is -3.31. The first-order chi connectivity index (χ1) is 20.0. The smallest absolute Gasteiger partial charge is 0.308 e. The van der Waals surface area contributed by atoms with Crippen LogP contribution in [0.25, 0.3) is 0 Å². The van der Waals surface area contributed by atoms with Crippen molar-refractivity contribution in [3.05, 3.63) is 41.8 Å². The standard InChI is InChI=1S/C31H44N2O9/c1-6-12-39-29(37)15-23(35)14-22(34)8-9-24-20(5)27(36)16-25-26(33-40-17-21-13-19(4)42-32-21)10-11-28(30(24)25)41-31(38)18(3)7-2/h6,13,16,18,20,22-24,28,30,34-35H,1,7-12,14-15,17H2,2-5H3/b33-26+. The Balaban J connectivity index is 1.76. The Morgan fingerprint density at radius 1 is 1.31 bits per heavy atom. The number of ketones is 1. The summed E-state index contributed by atoms with van der Waals surface area (Å²) in [7, 11) is 0. The lowest BCUT2D eigenvalue weighted by Gasteiger charge is -2.43. The first kappa shape index (κ1) is 33.2. The van der Waals surface area contributed by atoms with Crippen LogP contribution in [0.2, 0.25) is 0 Å². The lowest BCUT2D eigenvalue weighted by Crippen LogP contribution is -2.46. The minimum Gasteiger partial charge on any atom is -0.461 e. The van der Waals surface area contributed by atoms with Gasteiger partial charge in [-0.2, -0.15) is 0 Å². The average Bonchev–Trinajstić information content (AvgIpc) is 3.37. The summed E-state index contributed by atoms with van der Waals surface area (Å²) in [5.41, 5.74) is 1.90. The predicted molar refractivity (Wildman–Crippen MR) is 153 cm³/mol. The quantitative estimate of drug-likeness (QED) is 0.174. The van der Waals surface area contributed by atoms with Crippen molar-refractivity contribution < 1.29 is 43.4 Å². The summed E-state index contributed by atoms with van der Waals surface area (Å²) < 4.78 is 16.0. The number of nitrogens with zero attached hydrogens (tertiary/aromatic N) is 2. The van der Waals surface area contributed by atoms with Gasteiger partial charge in [-0.1, -0.05) is 43.7 Å². The van der Waals surface area contributed by atoms with Crippen molar-refractivity contribution >= 4 is 23.4 Å². The maximum atomic E-state index is 13.2. The molecular weight excluding hydrogens is 544 g/mol. The molecule has 3 rings (SSSR count). The third-order valence-electron chi connectivity index (χ3n) is 8.10. The second kappa shape index (κ2) is 15.8. The van der Waals surface area contributed by atoms with Gasteiger partial charge in [0, 0.05) is 17.9 Å². The van der Waals surface area contributed by atoms with Crippen LogP contribution in [0, 0.1) is 30.6 Å². The molecule has 2 N–H and O–H groups in total. The third kappa shape index (κ3) is 9.09. The lowest BCUT2D eigenvalue weighted by atomic mass is 9.63. The van der Waals surface area contributed by atoms with E-state index in [2.05, 4.69) is 16.9 Å². The number of rotatable bonds is 15. The predicted octanol–water partition coefficient (Wildman–Crippen LogP) is 4.00. The highest BCUT2D eigenvalue weighted by molar-refractivity contribution is 6.08. The molecule has 7 unspecified atom stereocenters. The van der Waals surface area contributed by atoms with E-state index in [4.69, 9.17) is 18.8 Å². The number of ether oxygens (including phenoxy) is 2. The first-order valence-corrected chi connectivity index (χ1v) is 14.7. The third-order valence-corrected chi connectivity index (χ3v) is 8.10. The van der Waals surface area contributed by atoms with Crippen molar-refractivity contribution in [2.75, 3.05) is 6.61 Å². The second-order valence-corrected chi connectivity index (χ2v) is 11.3. The van der Waals surface area contributed by atoms with Gasteiger partial charge in [0.05, 0.1) is 30.3 Å². The fourth-order valence-electron chi connectivity index (χ4n) is 5.55. The van der Waals surface area contributed by atoms with Crippen molar-refractivity contribution in [3.63, 3.8) is 0 Å². The molecule has 11 nitrogen and oxygen atoms in total. The van der Waals surface area contributed by atoms with Crippen LogP contribution in [0.1, 0.15) is 77.2 Å². The van der Waals surface area contributed by atoms with Gasteiger partial charge in [0.25, 0.3) is 0 Å². The highest BCUT2D eigenvalue weighted by Crippen LogP contribution is 2.45. The number of carbonyl (C=O) groups is 3. The molecule has 42 heavy (non-hydrogen) atoms. The van der Waals surface area contributed by atoms with E-state index in [9.17, 15) is 24.6 Å². The molecule has 232 valence electrons. The Labute approximate surface area is 246 Å². The number of aryl methyl sites for hydroxylation is 1. The van der Waals surface area contributed by atoms with Crippen LogP contribution in [-0.2, 0) is 35.3 Å². The molecule has 0 amide bonds. The van der Waals surface area contributed by atoms with Crippen LogP contribution < -0.4 is 0 Å². The average molecular weight is 589 g/mol. The molecule has 11 heteroatoms. The molecule has 0 aliphatic heterocycles. The second-order valence-electron chi connectivity index (χ2n) is 11.3. The number of aliphatic hydroxyl groups is 2. The van der Waals surface area contributed by atoms with Gasteiger partial charge in [-0.3, -0.25) is 14.4 Å². The van der Waals surface area contributed by atoms with Gasteiger partial charge in [-0.05, 0) is 63.0 Å². The van der Waals surface area contributed by atoms with Gasteiger partial charge in [0.15, 0.2) is 12.4 Å². The topological polar surface area (TPSA) is 158 Å². The number of hydrogen-bond donors (Lipinski definition) is 2. The highest BCUT2D eigenvalue weighted by atomic mass is 16.6. The summed E-state index contributed by atoms with van der Waals surface area (Å²) in [5.74, 6) is -1.48. The largest absolute Gasteiger partial charge is 0.461 e. The van der Waals surface area contributed by atoms with E-state index in [-0.39, 0.29) is 67.9 Å². The molecule has 0 saturated heterocycles. The number of carbonyl (C=O) groups excluding carboxylic acids is 3. The number of fused-ring (bicyclic) bond motifs is 1. The van der Waals surface area contributed by atoms with Crippen molar-refractivity contribution in [1.29, 1.82) is 0 Å². The van der Waals surface area contributed by atoms with Gasteiger partial charge < -0.3 is 29.0 Å². The van der Waals surface area contributed by atoms with Crippen LogP contribution in [0.4, 0.5) is 0 Å². The number of hydrogen-bond acceptors (Lipinski definition) is 11. The van der Waals surface area contributed by atoms with Gasteiger partial charge in [-0.25, -0.2) is 0 Å². The minimum absolute atomic E-state index is 0.0138. The fourth-order valence-corrected chi connectivity index (χ4v) is 5.55. The Bertz CT molecular complexity index is 1160. The monoisotopic (exact) mass is 588 g/mol. The zero-order chi connectivity index (χ0) is 30.8. The molecular formula is C31H44N2O9.